The van der Waals surface area contributed by atoms with Crippen molar-refractivity contribution in [2.45, 2.75) is 25.7 Å². The van der Waals surface area contributed by atoms with Gasteiger partial charge >= 0.3 is 0 Å². The lowest BCUT2D eigenvalue weighted by atomic mass is 9.93. The molecule has 2 aromatic rings. The van der Waals surface area contributed by atoms with Crippen LogP contribution in [0.15, 0.2) is 12.1 Å². The SMILES string of the molecule is Nc1c2c(nc3c(Cl)cc(F)cc13)CCCC2. The van der Waals surface area contributed by atoms with E-state index in [9.17, 15) is 4.39 Å². The molecule has 0 spiro atoms. The second kappa shape index (κ2) is 3.84. The molecule has 0 atom stereocenters. The molecule has 0 unspecified atom stereocenters. The number of halogens is 2. The third-order valence-corrected chi connectivity index (χ3v) is 3.62. The number of nitrogen functional groups attached to an aromatic ring is 1. The summed E-state index contributed by atoms with van der Waals surface area (Å²) in [5.41, 5.74) is 9.47. The molecule has 1 aromatic heterocycles. The van der Waals surface area contributed by atoms with Crippen molar-refractivity contribution < 1.29 is 4.39 Å². The third-order valence-electron chi connectivity index (χ3n) is 3.33. The van der Waals surface area contributed by atoms with Crippen LogP contribution < -0.4 is 5.73 Å². The van der Waals surface area contributed by atoms with Gasteiger partial charge in [0.25, 0.3) is 0 Å². The Balaban J connectivity index is 2.40. The van der Waals surface area contributed by atoms with E-state index in [0.29, 0.717) is 21.6 Å². The van der Waals surface area contributed by atoms with E-state index >= 15 is 0 Å². The number of anilines is 1. The Morgan fingerprint density at radius 3 is 2.82 bits per heavy atom. The second-order valence-corrected chi connectivity index (χ2v) is 4.85. The number of rotatable bonds is 0. The molecule has 1 heterocycles. The van der Waals surface area contributed by atoms with Gasteiger partial charge in [0.2, 0.25) is 0 Å². The molecule has 1 aliphatic carbocycles. The molecule has 2 nitrogen and oxygen atoms in total. The maximum Gasteiger partial charge on any atom is 0.125 e. The van der Waals surface area contributed by atoms with Crippen molar-refractivity contribution in [2.75, 3.05) is 5.73 Å². The fourth-order valence-electron chi connectivity index (χ4n) is 2.49. The van der Waals surface area contributed by atoms with Crippen LogP contribution in [0.2, 0.25) is 5.02 Å². The molecule has 2 N–H and O–H groups in total. The lowest BCUT2D eigenvalue weighted by molar-refractivity contribution is 0.629. The summed E-state index contributed by atoms with van der Waals surface area (Å²) in [6, 6.07) is 2.70. The number of pyridine rings is 1. The van der Waals surface area contributed by atoms with Crippen LogP contribution in [-0.2, 0) is 12.8 Å². The zero-order valence-corrected chi connectivity index (χ0v) is 10.0. The van der Waals surface area contributed by atoms with Crippen LogP contribution >= 0.6 is 11.6 Å². The summed E-state index contributed by atoms with van der Waals surface area (Å²) in [6.45, 7) is 0. The van der Waals surface area contributed by atoms with Crippen molar-refractivity contribution >= 4 is 28.2 Å². The Labute approximate surface area is 104 Å². The van der Waals surface area contributed by atoms with Crippen LogP contribution in [0.4, 0.5) is 10.1 Å². The first kappa shape index (κ1) is 10.8. The van der Waals surface area contributed by atoms with E-state index in [1.54, 1.807) is 0 Å². The summed E-state index contributed by atoms with van der Waals surface area (Å²) in [5, 5.41) is 0.968. The van der Waals surface area contributed by atoms with E-state index < -0.39 is 0 Å². The lowest BCUT2D eigenvalue weighted by Crippen LogP contribution is -2.09. The Bertz CT molecular complexity index is 610. The van der Waals surface area contributed by atoms with Gasteiger partial charge in [0.1, 0.15) is 5.82 Å². The normalized spacial score (nSPS) is 14.9. The Kier molecular flexibility index (Phi) is 2.44. The molecule has 4 heteroatoms. The molecule has 0 bridgehead atoms. The highest BCUT2D eigenvalue weighted by Gasteiger charge is 2.18. The third kappa shape index (κ3) is 1.65. The number of hydrogen-bond donors (Lipinski definition) is 1. The van der Waals surface area contributed by atoms with Gasteiger partial charge in [-0.25, -0.2) is 4.39 Å². The summed E-state index contributed by atoms with van der Waals surface area (Å²) in [5.74, 6) is -0.369. The average molecular weight is 251 g/mol. The van der Waals surface area contributed by atoms with Crippen molar-refractivity contribution in [3.05, 3.63) is 34.2 Å². The highest BCUT2D eigenvalue weighted by molar-refractivity contribution is 6.35. The summed E-state index contributed by atoms with van der Waals surface area (Å²) in [4.78, 5) is 4.54. The highest BCUT2D eigenvalue weighted by atomic mass is 35.5. The maximum absolute atomic E-state index is 13.3. The number of nitrogens with zero attached hydrogens (tertiary/aromatic N) is 1. The standard InChI is InChI=1S/C13H12ClFN2/c14-10-6-7(15)5-9-12(16)8-3-1-2-4-11(8)17-13(9)10/h5-6H,1-4H2,(H2,16,17). The fraction of sp³-hybridized carbons (Fsp3) is 0.308. The largest absolute Gasteiger partial charge is 0.398 e. The molecule has 1 aromatic carbocycles. The number of nitrogens with two attached hydrogens (primary N) is 1. The number of hydrogen-bond acceptors (Lipinski definition) is 2. The van der Waals surface area contributed by atoms with Gasteiger partial charge in [0, 0.05) is 16.8 Å². The summed E-state index contributed by atoms with van der Waals surface area (Å²) < 4.78 is 13.3. The minimum atomic E-state index is -0.369. The maximum atomic E-state index is 13.3. The number of aromatic nitrogens is 1. The molecule has 0 saturated carbocycles. The molecule has 1 aliphatic rings. The highest BCUT2D eigenvalue weighted by Crippen LogP contribution is 2.34. The van der Waals surface area contributed by atoms with Gasteiger partial charge in [-0.2, -0.15) is 0 Å². The van der Waals surface area contributed by atoms with Crippen LogP contribution in [0, 0.1) is 5.82 Å². The van der Waals surface area contributed by atoms with Gasteiger partial charge in [-0.3, -0.25) is 4.98 Å². The number of fused-ring (bicyclic) bond motifs is 2. The molecule has 3 rings (SSSR count). The molecule has 17 heavy (non-hydrogen) atoms. The topological polar surface area (TPSA) is 38.9 Å². The monoisotopic (exact) mass is 250 g/mol. The Morgan fingerprint density at radius 1 is 1.24 bits per heavy atom. The first-order valence-corrected chi connectivity index (χ1v) is 6.10. The molecular formula is C13H12ClFN2. The summed E-state index contributed by atoms with van der Waals surface area (Å²) in [7, 11) is 0. The first-order valence-electron chi connectivity index (χ1n) is 5.73. The van der Waals surface area contributed by atoms with Gasteiger partial charge in [0.05, 0.1) is 10.5 Å². The van der Waals surface area contributed by atoms with Crippen LogP contribution in [-0.4, -0.2) is 4.98 Å². The van der Waals surface area contributed by atoms with E-state index in [4.69, 9.17) is 17.3 Å². The van der Waals surface area contributed by atoms with Crippen molar-refractivity contribution in [1.82, 2.24) is 4.98 Å². The predicted octanol–water partition coefficient (Wildman–Crippen LogP) is 3.49. The molecule has 0 amide bonds. The number of aryl methyl sites for hydroxylation is 1. The number of benzene rings is 1. The van der Waals surface area contributed by atoms with Gasteiger partial charge in [0.15, 0.2) is 0 Å². The van der Waals surface area contributed by atoms with Crippen molar-refractivity contribution in [2.24, 2.45) is 0 Å². The van der Waals surface area contributed by atoms with E-state index in [-0.39, 0.29) is 5.82 Å². The molecule has 88 valence electrons. The first-order chi connectivity index (χ1) is 8.16. The zero-order valence-electron chi connectivity index (χ0n) is 9.26. The average Bonchev–Trinajstić information content (AvgIpc) is 2.31. The minimum absolute atomic E-state index is 0.333. The molecule has 0 aliphatic heterocycles. The summed E-state index contributed by atoms with van der Waals surface area (Å²) in [6.07, 6.45) is 4.11. The van der Waals surface area contributed by atoms with Crippen molar-refractivity contribution in [1.29, 1.82) is 0 Å². The van der Waals surface area contributed by atoms with Crippen LogP contribution in [0.1, 0.15) is 24.1 Å². The second-order valence-electron chi connectivity index (χ2n) is 4.44. The van der Waals surface area contributed by atoms with Gasteiger partial charge in [-0.15, -0.1) is 0 Å². The quantitative estimate of drug-likeness (QED) is 0.777. The van der Waals surface area contributed by atoms with Crippen LogP contribution in [0.3, 0.4) is 0 Å². The summed E-state index contributed by atoms with van der Waals surface area (Å²) >= 11 is 6.02. The van der Waals surface area contributed by atoms with Crippen LogP contribution in [0.5, 0.6) is 0 Å². The van der Waals surface area contributed by atoms with Gasteiger partial charge < -0.3 is 5.73 Å². The van der Waals surface area contributed by atoms with E-state index in [2.05, 4.69) is 4.98 Å². The fourth-order valence-corrected chi connectivity index (χ4v) is 2.73. The Morgan fingerprint density at radius 2 is 2.00 bits per heavy atom. The predicted molar refractivity (Wildman–Crippen MR) is 67.8 cm³/mol. The van der Waals surface area contributed by atoms with Crippen molar-refractivity contribution in [3.8, 4) is 0 Å². The molecule has 0 radical (unpaired) electrons. The lowest BCUT2D eigenvalue weighted by Gasteiger charge is -2.18. The van der Waals surface area contributed by atoms with Crippen molar-refractivity contribution in [3.63, 3.8) is 0 Å². The Hall–Kier alpha value is -1.35. The van der Waals surface area contributed by atoms with E-state index in [0.717, 1.165) is 36.9 Å². The van der Waals surface area contributed by atoms with E-state index in [1.165, 1.54) is 12.1 Å². The van der Waals surface area contributed by atoms with Gasteiger partial charge in [-0.1, -0.05) is 11.6 Å². The van der Waals surface area contributed by atoms with E-state index in [1.807, 2.05) is 0 Å². The minimum Gasteiger partial charge on any atom is -0.398 e. The molecular weight excluding hydrogens is 239 g/mol. The smallest absolute Gasteiger partial charge is 0.125 e. The van der Waals surface area contributed by atoms with Gasteiger partial charge in [-0.05, 0) is 43.4 Å². The van der Waals surface area contributed by atoms with Crippen LogP contribution in [0.25, 0.3) is 10.9 Å². The zero-order chi connectivity index (χ0) is 12.0. The molecule has 0 saturated heterocycles. The molecule has 0 fully saturated rings.